The molecule has 1 amide bonds. The van der Waals surface area contributed by atoms with E-state index in [1.54, 1.807) is 18.2 Å². The van der Waals surface area contributed by atoms with Crippen LogP contribution < -0.4 is 10.6 Å². The van der Waals surface area contributed by atoms with Gasteiger partial charge >= 0.3 is 0 Å². The van der Waals surface area contributed by atoms with E-state index in [2.05, 4.69) is 10.6 Å². The predicted molar refractivity (Wildman–Crippen MR) is 101 cm³/mol. The zero-order chi connectivity index (χ0) is 16.9. The molecule has 1 aromatic rings. The molecule has 0 radical (unpaired) electrons. The third-order valence-electron chi connectivity index (χ3n) is 5.93. The third-order valence-corrected chi connectivity index (χ3v) is 6.68. The predicted octanol–water partition coefficient (Wildman–Crippen LogP) is 5.02. The zero-order valence-corrected chi connectivity index (χ0v) is 15.6. The number of carbonyl (C=O) groups is 1. The number of hydrogen-bond donors (Lipinski definition) is 2. The van der Waals surface area contributed by atoms with Crippen molar-refractivity contribution in [1.29, 1.82) is 0 Å². The Morgan fingerprint density at radius 3 is 2.21 bits per heavy atom. The van der Waals surface area contributed by atoms with Crippen molar-refractivity contribution in [1.82, 2.24) is 5.32 Å². The summed E-state index contributed by atoms with van der Waals surface area (Å²) in [6, 6.07) is 5.14. The molecule has 0 aliphatic heterocycles. The summed E-state index contributed by atoms with van der Waals surface area (Å²) >= 11 is 17.4. The first kappa shape index (κ1) is 16.6. The van der Waals surface area contributed by atoms with E-state index >= 15 is 0 Å². The van der Waals surface area contributed by atoms with Gasteiger partial charge < -0.3 is 10.6 Å². The molecule has 0 heterocycles. The summed E-state index contributed by atoms with van der Waals surface area (Å²) in [6.45, 7) is 0. The van der Waals surface area contributed by atoms with Crippen molar-refractivity contribution in [2.24, 2.45) is 23.2 Å². The maximum Gasteiger partial charge on any atom is 0.232 e. The van der Waals surface area contributed by atoms with Crippen molar-refractivity contribution < 1.29 is 4.79 Å². The largest absolute Gasteiger partial charge is 0.331 e. The molecule has 0 spiro atoms. The molecule has 0 unspecified atom stereocenters. The van der Waals surface area contributed by atoms with Gasteiger partial charge in [0, 0.05) is 5.02 Å². The number of carbonyl (C=O) groups excluding carboxylic acids is 1. The molecule has 0 saturated heterocycles. The minimum atomic E-state index is -0.204. The van der Waals surface area contributed by atoms with Gasteiger partial charge in [0.15, 0.2) is 5.11 Å². The lowest BCUT2D eigenvalue weighted by atomic mass is 9.49. The van der Waals surface area contributed by atoms with Crippen LogP contribution in [0.25, 0.3) is 0 Å². The van der Waals surface area contributed by atoms with Crippen LogP contribution in [-0.4, -0.2) is 11.0 Å². The van der Waals surface area contributed by atoms with Crippen LogP contribution in [0.1, 0.15) is 38.5 Å². The van der Waals surface area contributed by atoms with Crippen LogP contribution in [0, 0.1) is 23.2 Å². The molecule has 4 aliphatic rings. The van der Waals surface area contributed by atoms with Crippen LogP contribution in [0.4, 0.5) is 5.69 Å². The summed E-state index contributed by atoms with van der Waals surface area (Å²) in [4.78, 5) is 12.9. The lowest BCUT2D eigenvalue weighted by molar-refractivity contribution is -0.144. The summed E-state index contributed by atoms with van der Waals surface area (Å²) in [5, 5.41) is 7.28. The van der Waals surface area contributed by atoms with E-state index in [0.717, 1.165) is 37.0 Å². The summed E-state index contributed by atoms with van der Waals surface area (Å²) in [5.41, 5.74) is 0.446. The number of benzene rings is 1. The summed E-state index contributed by atoms with van der Waals surface area (Å²) in [7, 11) is 0. The average molecular weight is 383 g/mol. The van der Waals surface area contributed by atoms with E-state index in [9.17, 15) is 4.79 Å². The molecule has 24 heavy (non-hydrogen) atoms. The van der Waals surface area contributed by atoms with E-state index in [0.29, 0.717) is 20.8 Å². The van der Waals surface area contributed by atoms with Crippen LogP contribution >= 0.6 is 35.4 Å². The van der Waals surface area contributed by atoms with Gasteiger partial charge in [-0.3, -0.25) is 4.79 Å². The molecule has 0 aromatic heterocycles. The standard InChI is InChI=1S/C18H20Cl2N2OS/c19-13-1-2-15(14(20)6-13)21-17(24)22-16(23)18-7-10-3-11(8-18)5-12(4-10)9-18/h1-2,6,10-12H,3-5,7-9H2,(H2,21,22,23,24). The fraction of sp³-hybridized carbons (Fsp3) is 0.556. The summed E-state index contributed by atoms with van der Waals surface area (Å²) in [5.74, 6) is 2.28. The third kappa shape index (κ3) is 3.04. The van der Waals surface area contributed by atoms with E-state index in [4.69, 9.17) is 35.4 Å². The maximum atomic E-state index is 12.9. The van der Waals surface area contributed by atoms with E-state index < -0.39 is 0 Å². The molecule has 5 rings (SSSR count). The second-order valence-corrected chi connectivity index (χ2v) is 8.98. The molecule has 4 fully saturated rings. The molecule has 4 saturated carbocycles. The number of hydrogen-bond acceptors (Lipinski definition) is 2. The van der Waals surface area contributed by atoms with Gasteiger partial charge in [-0.05, 0) is 86.7 Å². The normalized spacial score (nSPS) is 33.3. The Hall–Kier alpha value is -0.840. The molecule has 4 bridgehead atoms. The van der Waals surface area contributed by atoms with Gasteiger partial charge in [-0.15, -0.1) is 0 Å². The lowest BCUT2D eigenvalue weighted by Crippen LogP contribution is -2.55. The Morgan fingerprint density at radius 2 is 1.67 bits per heavy atom. The first-order chi connectivity index (χ1) is 11.4. The molecule has 128 valence electrons. The molecular formula is C18H20Cl2N2OS. The van der Waals surface area contributed by atoms with Gasteiger partial charge in [-0.2, -0.15) is 0 Å². The van der Waals surface area contributed by atoms with E-state index in [-0.39, 0.29) is 11.3 Å². The Balaban J connectivity index is 1.43. The number of nitrogens with one attached hydrogen (secondary N) is 2. The van der Waals surface area contributed by atoms with Crippen molar-refractivity contribution in [2.45, 2.75) is 38.5 Å². The average Bonchev–Trinajstić information content (AvgIpc) is 2.48. The van der Waals surface area contributed by atoms with Crippen LogP contribution in [0.3, 0.4) is 0 Å². The number of amides is 1. The van der Waals surface area contributed by atoms with Crippen molar-refractivity contribution in [3.05, 3.63) is 28.2 Å². The highest BCUT2D eigenvalue weighted by atomic mass is 35.5. The Kier molecular flexibility index (Phi) is 4.26. The first-order valence-corrected chi connectivity index (χ1v) is 9.67. The molecule has 0 atom stereocenters. The summed E-state index contributed by atoms with van der Waals surface area (Å²) in [6.07, 6.45) is 7.01. The molecule has 2 N–H and O–H groups in total. The smallest absolute Gasteiger partial charge is 0.232 e. The molecular weight excluding hydrogens is 363 g/mol. The Labute approximate surface area is 157 Å². The number of rotatable bonds is 2. The van der Waals surface area contributed by atoms with E-state index in [1.807, 2.05) is 0 Å². The Bertz CT molecular complexity index is 671. The minimum Gasteiger partial charge on any atom is -0.331 e. The van der Waals surface area contributed by atoms with E-state index in [1.165, 1.54) is 19.3 Å². The highest BCUT2D eigenvalue weighted by Gasteiger charge is 2.54. The number of halogens is 2. The molecule has 1 aromatic carbocycles. The molecule has 4 aliphatic carbocycles. The number of thiocarbonyl (C=S) groups is 1. The van der Waals surface area contributed by atoms with Crippen molar-refractivity contribution in [3.63, 3.8) is 0 Å². The Morgan fingerprint density at radius 1 is 1.08 bits per heavy atom. The monoisotopic (exact) mass is 382 g/mol. The van der Waals surface area contributed by atoms with Gasteiger partial charge in [0.25, 0.3) is 0 Å². The van der Waals surface area contributed by atoms with Crippen molar-refractivity contribution >= 4 is 52.1 Å². The second-order valence-electron chi connectivity index (χ2n) is 7.73. The van der Waals surface area contributed by atoms with Gasteiger partial charge in [-0.25, -0.2) is 0 Å². The van der Waals surface area contributed by atoms with Crippen LogP contribution in [0.5, 0.6) is 0 Å². The van der Waals surface area contributed by atoms with Crippen LogP contribution in [-0.2, 0) is 4.79 Å². The highest BCUT2D eigenvalue weighted by molar-refractivity contribution is 7.80. The fourth-order valence-corrected chi connectivity index (χ4v) is 6.03. The van der Waals surface area contributed by atoms with Gasteiger partial charge in [-0.1, -0.05) is 23.2 Å². The number of anilines is 1. The van der Waals surface area contributed by atoms with Crippen molar-refractivity contribution in [3.8, 4) is 0 Å². The van der Waals surface area contributed by atoms with Crippen LogP contribution in [0.2, 0.25) is 10.0 Å². The lowest BCUT2D eigenvalue weighted by Gasteiger charge is -2.55. The second kappa shape index (κ2) is 6.15. The molecule has 6 heteroatoms. The zero-order valence-electron chi connectivity index (χ0n) is 13.3. The highest BCUT2D eigenvalue weighted by Crippen LogP contribution is 2.60. The molecule has 3 nitrogen and oxygen atoms in total. The first-order valence-electron chi connectivity index (χ1n) is 8.51. The van der Waals surface area contributed by atoms with Gasteiger partial charge in [0.1, 0.15) is 0 Å². The van der Waals surface area contributed by atoms with Gasteiger partial charge in [0.05, 0.1) is 16.1 Å². The minimum absolute atomic E-state index is 0.0872. The quantitative estimate of drug-likeness (QED) is 0.705. The topological polar surface area (TPSA) is 41.1 Å². The fourth-order valence-electron chi connectivity index (χ4n) is 5.37. The maximum absolute atomic E-state index is 12.9. The van der Waals surface area contributed by atoms with Gasteiger partial charge in [0.2, 0.25) is 5.91 Å². The summed E-state index contributed by atoms with van der Waals surface area (Å²) < 4.78 is 0. The van der Waals surface area contributed by atoms with Crippen molar-refractivity contribution in [2.75, 3.05) is 5.32 Å². The SMILES string of the molecule is O=C(NC(=S)Nc1ccc(Cl)cc1Cl)C12CC3CC(CC(C3)C1)C2. The van der Waals surface area contributed by atoms with Crippen LogP contribution in [0.15, 0.2) is 18.2 Å².